The van der Waals surface area contributed by atoms with Crippen molar-refractivity contribution in [3.8, 4) is 0 Å². The number of anilines is 2. The maximum atomic E-state index is 11.8. The van der Waals surface area contributed by atoms with Gasteiger partial charge >= 0.3 is 0 Å². The van der Waals surface area contributed by atoms with Crippen molar-refractivity contribution in [3.63, 3.8) is 0 Å². The Kier molecular flexibility index (Phi) is 3.66. The molecule has 3 N–H and O–H groups in total. The van der Waals surface area contributed by atoms with Gasteiger partial charge in [-0.1, -0.05) is 11.6 Å². The van der Waals surface area contributed by atoms with Crippen LogP contribution >= 0.6 is 38.9 Å². The summed E-state index contributed by atoms with van der Waals surface area (Å²) in [6.45, 7) is 0. The number of aromatic nitrogens is 1. The van der Waals surface area contributed by atoms with Crippen LogP contribution in [0.15, 0.2) is 28.2 Å². The molecule has 0 aliphatic rings. The number of pyridine rings is 1. The number of nitrogens with two attached hydrogens (primary N) is 1. The van der Waals surface area contributed by atoms with Crippen LogP contribution in [0.3, 0.4) is 0 Å². The molecule has 88 valence electrons. The highest BCUT2D eigenvalue weighted by Gasteiger charge is 2.12. The molecule has 0 radical (unpaired) electrons. The van der Waals surface area contributed by atoms with Gasteiger partial charge in [-0.25, -0.2) is 4.98 Å². The van der Waals surface area contributed by atoms with Gasteiger partial charge in [0.2, 0.25) is 0 Å². The minimum atomic E-state index is -0.256. The summed E-state index contributed by atoms with van der Waals surface area (Å²) < 4.78 is 0.621. The Labute approximate surface area is 115 Å². The lowest BCUT2D eigenvalue weighted by atomic mass is 10.3. The fourth-order valence-corrected chi connectivity index (χ4v) is 2.35. The van der Waals surface area contributed by atoms with E-state index in [4.69, 9.17) is 17.3 Å². The minimum Gasteiger partial charge on any atom is -0.397 e. The van der Waals surface area contributed by atoms with Crippen LogP contribution in [0.1, 0.15) is 9.67 Å². The number of nitrogens with zero attached hydrogens (tertiary/aromatic N) is 1. The van der Waals surface area contributed by atoms with Crippen LogP contribution in [-0.2, 0) is 0 Å². The average Bonchev–Trinajstić information content (AvgIpc) is 2.70. The Morgan fingerprint density at radius 3 is 2.94 bits per heavy atom. The molecule has 0 bridgehead atoms. The summed E-state index contributed by atoms with van der Waals surface area (Å²) in [6, 6.07) is 3.37. The predicted molar refractivity (Wildman–Crippen MR) is 73.6 cm³/mol. The van der Waals surface area contributed by atoms with Crippen LogP contribution in [0.25, 0.3) is 0 Å². The van der Waals surface area contributed by atoms with E-state index >= 15 is 0 Å². The predicted octanol–water partition coefficient (Wildman–Crippen LogP) is 3.39. The van der Waals surface area contributed by atoms with Crippen molar-refractivity contribution in [1.82, 2.24) is 4.98 Å². The summed E-state index contributed by atoms with van der Waals surface area (Å²) in [5.74, 6) is -0.256. The second kappa shape index (κ2) is 5.03. The molecule has 0 saturated carbocycles. The van der Waals surface area contributed by atoms with Gasteiger partial charge < -0.3 is 11.1 Å². The van der Waals surface area contributed by atoms with E-state index in [9.17, 15) is 4.79 Å². The maximum absolute atomic E-state index is 11.8. The van der Waals surface area contributed by atoms with Crippen LogP contribution in [0, 0.1) is 0 Å². The third kappa shape index (κ3) is 2.77. The quantitative estimate of drug-likeness (QED) is 0.828. The smallest absolute Gasteiger partial charge is 0.267 e. The Hall–Kier alpha value is -1.11. The minimum absolute atomic E-state index is 0.256. The number of thiophene rings is 1. The van der Waals surface area contributed by atoms with Gasteiger partial charge in [-0.3, -0.25) is 4.79 Å². The lowest BCUT2D eigenvalue weighted by molar-refractivity contribution is 0.103. The van der Waals surface area contributed by atoms with Gasteiger partial charge in [-0.2, -0.15) is 0 Å². The van der Waals surface area contributed by atoms with Gasteiger partial charge in [0, 0.05) is 0 Å². The van der Waals surface area contributed by atoms with Gasteiger partial charge in [0.15, 0.2) is 0 Å². The molecule has 2 aromatic heterocycles. The molecule has 1 amide bonds. The zero-order valence-corrected chi connectivity index (χ0v) is 11.6. The second-order valence-electron chi connectivity index (χ2n) is 3.16. The van der Waals surface area contributed by atoms with Crippen molar-refractivity contribution >= 4 is 56.1 Å². The Morgan fingerprint density at radius 2 is 2.35 bits per heavy atom. The fraction of sp³-hybridized carbons (Fsp3) is 0. The highest BCUT2D eigenvalue weighted by Crippen LogP contribution is 2.24. The van der Waals surface area contributed by atoms with E-state index in [-0.39, 0.29) is 5.91 Å². The number of halogens is 2. The average molecular weight is 333 g/mol. The summed E-state index contributed by atoms with van der Waals surface area (Å²) in [4.78, 5) is 16.2. The largest absolute Gasteiger partial charge is 0.397 e. The van der Waals surface area contributed by atoms with Gasteiger partial charge in [-0.05, 0) is 33.4 Å². The van der Waals surface area contributed by atoms with E-state index in [1.807, 2.05) is 0 Å². The number of nitrogens with one attached hydrogen (secondary N) is 1. The molecule has 0 aliphatic heterocycles. The van der Waals surface area contributed by atoms with Crippen LogP contribution in [-0.4, -0.2) is 10.9 Å². The van der Waals surface area contributed by atoms with Gasteiger partial charge in [0.05, 0.1) is 22.0 Å². The molecule has 2 aromatic rings. The topological polar surface area (TPSA) is 68.0 Å². The van der Waals surface area contributed by atoms with Crippen LogP contribution < -0.4 is 11.1 Å². The first-order valence-electron chi connectivity index (χ1n) is 4.53. The molecule has 7 heteroatoms. The molecule has 0 unspecified atom stereocenters. The number of amides is 1. The molecule has 17 heavy (non-hydrogen) atoms. The molecule has 0 atom stereocenters. The summed E-state index contributed by atoms with van der Waals surface area (Å²) in [7, 11) is 0. The lowest BCUT2D eigenvalue weighted by Crippen LogP contribution is -2.12. The molecule has 4 nitrogen and oxygen atoms in total. The van der Waals surface area contributed by atoms with E-state index in [0.29, 0.717) is 25.9 Å². The Balaban J connectivity index is 2.19. The fourth-order valence-electron chi connectivity index (χ4n) is 1.18. The third-order valence-corrected chi connectivity index (χ3v) is 4.02. The van der Waals surface area contributed by atoms with Crippen LogP contribution in [0.5, 0.6) is 0 Å². The maximum Gasteiger partial charge on any atom is 0.267 e. The van der Waals surface area contributed by atoms with Crippen LogP contribution in [0.2, 0.25) is 5.15 Å². The SMILES string of the molecule is Nc1ccsc1C(=O)Nc1cnc(Cl)c(Br)c1. The second-order valence-corrected chi connectivity index (χ2v) is 5.28. The van der Waals surface area contributed by atoms with Gasteiger partial charge in [-0.15, -0.1) is 11.3 Å². The lowest BCUT2D eigenvalue weighted by Gasteiger charge is -2.05. The van der Waals surface area contributed by atoms with E-state index < -0.39 is 0 Å². The van der Waals surface area contributed by atoms with Gasteiger partial charge in [0.25, 0.3) is 5.91 Å². The first-order chi connectivity index (χ1) is 8.08. The molecule has 0 spiro atoms. The van der Waals surface area contributed by atoms with E-state index in [2.05, 4.69) is 26.2 Å². The normalized spacial score (nSPS) is 10.2. The standard InChI is InChI=1S/C10H7BrClN3OS/c11-6-3-5(4-14-9(6)12)15-10(16)8-7(13)1-2-17-8/h1-4H,13H2,(H,15,16). The first-order valence-corrected chi connectivity index (χ1v) is 6.58. The van der Waals surface area contributed by atoms with Crippen molar-refractivity contribution in [1.29, 1.82) is 0 Å². The zero-order chi connectivity index (χ0) is 12.4. The summed E-state index contributed by atoms with van der Waals surface area (Å²) >= 11 is 10.3. The van der Waals surface area contributed by atoms with Gasteiger partial charge in [0.1, 0.15) is 10.0 Å². The molecule has 0 aliphatic carbocycles. The molecular weight excluding hydrogens is 326 g/mol. The third-order valence-electron chi connectivity index (χ3n) is 1.96. The Morgan fingerprint density at radius 1 is 1.59 bits per heavy atom. The molecule has 2 heterocycles. The van der Waals surface area contributed by atoms with Crippen molar-refractivity contribution in [2.75, 3.05) is 11.1 Å². The van der Waals surface area contributed by atoms with Crippen molar-refractivity contribution < 1.29 is 4.79 Å². The summed E-state index contributed by atoms with van der Waals surface area (Å²) in [5, 5.41) is 4.80. The molecular formula is C10H7BrClN3OS. The number of carbonyl (C=O) groups excluding carboxylic acids is 1. The molecule has 0 saturated heterocycles. The zero-order valence-electron chi connectivity index (χ0n) is 8.41. The van der Waals surface area contributed by atoms with Crippen molar-refractivity contribution in [2.45, 2.75) is 0 Å². The van der Waals surface area contributed by atoms with Crippen molar-refractivity contribution in [2.24, 2.45) is 0 Å². The number of carbonyl (C=O) groups is 1. The van der Waals surface area contributed by atoms with E-state index in [0.717, 1.165) is 0 Å². The number of hydrogen-bond acceptors (Lipinski definition) is 4. The molecule has 0 aromatic carbocycles. The Bertz CT molecular complexity index is 572. The molecule has 0 fully saturated rings. The van der Waals surface area contributed by atoms with E-state index in [1.54, 1.807) is 17.5 Å². The van der Waals surface area contributed by atoms with E-state index in [1.165, 1.54) is 17.5 Å². The first kappa shape index (κ1) is 12.3. The summed E-state index contributed by atoms with van der Waals surface area (Å²) in [6.07, 6.45) is 1.48. The monoisotopic (exact) mass is 331 g/mol. The van der Waals surface area contributed by atoms with Crippen molar-refractivity contribution in [3.05, 3.63) is 38.2 Å². The number of nitrogen functional groups attached to an aromatic ring is 1. The number of rotatable bonds is 2. The highest BCUT2D eigenvalue weighted by atomic mass is 79.9. The van der Waals surface area contributed by atoms with Crippen LogP contribution in [0.4, 0.5) is 11.4 Å². The summed E-state index contributed by atoms with van der Waals surface area (Å²) in [5.41, 5.74) is 6.67. The molecule has 2 rings (SSSR count). The highest BCUT2D eigenvalue weighted by molar-refractivity contribution is 9.10. The number of hydrogen-bond donors (Lipinski definition) is 2.